The molecule has 0 saturated carbocycles. The maximum absolute atomic E-state index is 14.3. The van der Waals surface area contributed by atoms with E-state index in [2.05, 4.69) is 31.9 Å². The zero-order chi connectivity index (χ0) is 30.1. The molecule has 4 aromatic rings. The molecule has 0 heterocycles. The zero-order valence-electron chi connectivity index (χ0n) is 22.4. The van der Waals surface area contributed by atoms with Gasteiger partial charge in [-0.2, -0.15) is 0 Å². The van der Waals surface area contributed by atoms with Gasteiger partial charge < -0.3 is 16.0 Å². The number of hydrogen-bond acceptors (Lipinski definition) is 4. The van der Waals surface area contributed by atoms with Gasteiger partial charge >= 0.3 is 0 Å². The van der Waals surface area contributed by atoms with Gasteiger partial charge in [0, 0.05) is 25.6 Å². The van der Waals surface area contributed by atoms with E-state index in [0.29, 0.717) is 32.7 Å². The molecule has 3 N–H and O–H groups in total. The molecule has 0 saturated heterocycles. The summed E-state index contributed by atoms with van der Waals surface area (Å²) in [5.41, 5.74) is 1.50. The molecular formula is C32H26BrClFN3O3S. The Labute approximate surface area is 260 Å². The monoisotopic (exact) mass is 665 g/mol. The lowest BCUT2D eigenvalue weighted by molar-refractivity contribution is -0.116. The van der Waals surface area contributed by atoms with Crippen LogP contribution in [0.15, 0.2) is 112 Å². The summed E-state index contributed by atoms with van der Waals surface area (Å²) in [6, 6.07) is 26.9. The molecule has 0 fully saturated rings. The fraction of sp³-hybridized carbons (Fsp3) is 0.0938. The van der Waals surface area contributed by atoms with Crippen LogP contribution in [-0.2, 0) is 9.59 Å². The van der Waals surface area contributed by atoms with Gasteiger partial charge in [0.05, 0.1) is 10.9 Å². The first-order valence-corrected chi connectivity index (χ1v) is 14.9. The van der Waals surface area contributed by atoms with E-state index in [0.717, 1.165) is 4.90 Å². The second-order valence-electron chi connectivity index (χ2n) is 9.01. The number of halogens is 3. The average Bonchev–Trinajstić information content (AvgIpc) is 2.98. The highest BCUT2D eigenvalue weighted by Crippen LogP contribution is 2.29. The van der Waals surface area contributed by atoms with Crippen LogP contribution >= 0.6 is 39.3 Å². The van der Waals surface area contributed by atoms with Gasteiger partial charge in [0.15, 0.2) is 0 Å². The second kappa shape index (κ2) is 14.8. The van der Waals surface area contributed by atoms with Crippen LogP contribution in [0.1, 0.15) is 29.3 Å². The molecule has 0 aliphatic carbocycles. The molecule has 0 aliphatic rings. The van der Waals surface area contributed by atoms with E-state index in [4.69, 9.17) is 11.6 Å². The van der Waals surface area contributed by atoms with Crippen LogP contribution in [0.3, 0.4) is 0 Å². The van der Waals surface area contributed by atoms with Crippen LogP contribution < -0.4 is 16.0 Å². The van der Waals surface area contributed by atoms with Crippen molar-refractivity contribution in [3.8, 4) is 0 Å². The molecule has 10 heteroatoms. The first kappa shape index (κ1) is 31.0. The Balaban J connectivity index is 1.51. The smallest absolute Gasteiger partial charge is 0.272 e. The van der Waals surface area contributed by atoms with Crippen LogP contribution in [0.25, 0.3) is 6.08 Å². The number of thioether (sulfide) groups is 1. The average molecular weight is 667 g/mol. The zero-order valence-corrected chi connectivity index (χ0v) is 25.5. The van der Waals surface area contributed by atoms with Crippen LogP contribution in [-0.4, -0.2) is 23.0 Å². The normalized spacial score (nSPS) is 11.9. The highest BCUT2D eigenvalue weighted by atomic mass is 79.9. The summed E-state index contributed by atoms with van der Waals surface area (Å²) >= 11 is 10.8. The van der Waals surface area contributed by atoms with Gasteiger partial charge in [-0.25, -0.2) is 4.39 Å². The quantitative estimate of drug-likeness (QED) is 0.118. The standard InChI is InChI=1S/C32H26BrClFN3O3S/c1-2-29(32(41)37-27-16-15-22(33)18-26(27)35)42-24-13-8-12-23(19-24)36-31(40)28(17-21-11-6-7-14-25(21)34)38-30(39)20-9-4-3-5-10-20/h3-19,29H,2H2,1H3,(H,36,40)(H,37,41)(H,38,39)/b28-17+. The minimum absolute atomic E-state index is 0.00246. The van der Waals surface area contributed by atoms with E-state index in [1.807, 2.05) is 13.0 Å². The predicted octanol–water partition coefficient (Wildman–Crippen LogP) is 8.16. The molecule has 3 amide bonds. The highest BCUT2D eigenvalue weighted by Gasteiger charge is 2.20. The summed E-state index contributed by atoms with van der Waals surface area (Å²) < 4.78 is 14.8. The van der Waals surface area contributed by atoms with E-state index < -0.39 is 22.9 Å². The van der Waals surface area contributed by atoms with Crippen molar-refractivity contribution < 1.29 is 18.8 Å². The molecule has 4 rings (SSSR count). The molecule has 0 aliphatic heterocycles. The molecule has 0 aromatic heterocycles. The summed E-state index contributed by atoms with van der Waals surface area (Å²) in [5, 5.41) is 8.06. The third kappa shape index (κ3) is 8.55. The molecule has 0 spiro atoms. The van der Waals surface area contributed by atoms with Gasteiger partial charge in [0.2, 0.25) is 5.91 Å². The Morgan fingerprint density at radius 1 is 0.929 bits per heavy atom. The van der Waals surface area contributed by atoms with E-state index in [-0.39, 0.29) is 17.3 Å². The summed E-state index contributed by atoms with van der Waals surface area (Å²) in [6.45, 7) is 1.86. The molecule has 4 aromatic carbocycles. The first-order valence-electron chi connectivity index (χ1n) is 12.9. The van der Waals surface area contributed by atoms with Crippen molar-refractivity contribution in [2.75, 3.05) is 10.6 Å². The van der Waals surface area contributed by atoms with E-state index in [1.165, 1.54) is 30.0 Å². The van der Waals surface area contributed by atoms with Gasteiger partial charge in [-0.1, -0.05) is 76.9 Å². The fourth-order valence-corrected chi connectivity index (χ4v) is 5.36. The molecule has 6 nitrogen and oxygen atoms in total. The summed E-state index contributed by atoms with van der Waals surface area (Å²) in [4.78, 5) is 39.9. The number of amides is 3. The number of carbonyl (C=O) groups excluding carboxylic acids is 3. The number of nitrogens with one attached hydrogen (secondary N) is 3. The number of hydrogen-bond donors (Lipinski definition) is 3. The lowest BCUT2D eigenvalue weighted by atomic mass is 10.1. The minimum atomic E-state index is -0.558. The van der Waals surface area contributed by atoms with Gasteiger partial charge in [-0.05, 0) is 72.7 Å². The highest BCUT2D eigenvalue weighted by molar-refractivity contribution is 9.10. The van der Waals surface area contributed by atoms with E-state index >= 15 is 0 Å². The van der Waals surface area contributed by atoms with Crippen molar-refractivity contribution in [2.45, 2.75) is 23.5 Å². The molecule has 1 unspecified atom stereocenters. The Morgan fingerprint density at radius 2 is 1.67 bits per heavy atom. The molecule has 1 atom stereocenters. The Hall–Kier alpha value is -3.92. The molecule has 0 bridgehead atoms. The Kier molecular flexibility index (Phi) is 10.9. The molecule has 0 radical (unpaired) electrons. The van der Waals surface area contributed by atoms with Gasteiger partial charge in [-0.3, -0.25) is 14.4 Å². The van der Waals surface area contributed by atoms with Crippen molar-refractivity contribution in [3.63, 3.8) is 0 Å². The minimum Gasteiger partial charge on any atom is -0.323 e. The van der Waals surface area contributed by atoms with Gasteiger partial charge in [0.25, 0.3) is 11.8 Å². The van der Waals surface area contributed by atoms with E-state index in [9.17, 15) is 18.8 Å². The largest absolute Gasteiger partial charge is 0.323 e. The maximum atomic E-state index is 14.3. The Bertz CT molecular complexity index is 1630. The second-order valence-corrected chi connectivity index (χ2v) is 11.6. The fourth-order valence-electron chi connectivity index (χ4n) is 3.83. The number of benzene rings is 4. The topological polar surface area (TPSA) is 87.3 Å². The number of rotatable bonds is 10. The maximum Gasteiger partial charge on any atom is 0.272 e. The SMILES string of the molecule is CCC(Sc1cccc(NC(=O)/C(=C\c2ccccc2Cl)NC(=O)c2ccccc2)c1)C(=O)Nc1ccc(Br)cc1F. The lowest BCUT2D eigenvalue weighted by Crippen LogP contribution is -2.30. The van der Waals surface area contributed by atoms with Crippen LogP contribution in [0.2, 0.25) is 5.02 Å². The van der Waals surface area contributed by atoms with Crippen molar-refractivity contribution in [1.29, 1.82) is 0 Å². The summed E-state index contributed by atoms with van der Waals surface area (Å²) in [6.07, 6.45) is 2.00. The van der Waals surface area contributed by atoms with Gasteiger partial charge in [-0.15, -0.1) is 11.8 Å². The molecule has 214 valence electrons. The Morgan fingerprint density at radius 3 is 2.38 bits per heavy atom. The van der Waals surface area contributed by atoms with Crippen molar-refractivity contribution in [3.05, 3.63) is 129 Å². The third-order valence-electron chi connectivity index (χ3n) is 5.96. The van der Waals surface area contributed by atoms with Crippen molar-refractivity contribution in [2.24, 2.45) is 0 Å². The predicted molar refractivity (Wildman–Crippen MR) is 171 cm³/mol. The van der Waals surface area contributed by atoms with E-state index in [1.54, 1.807) is 78.9 Å². The summed E-state index contributed by atoms with van der Waals surface area (Å²) in [5.74, 6) is -1.89. The van der Waals surface area contributed by atoms with Crippen molar-refractivity contribution >= 4 is 74.5 Å². The number of carbonyl (C=O) groups is 3. The molecular weight excluding hydrogens is 641 g/mol. The first-order chi connectivity index (χ1) is 20.2. The van der Waals surface area contributed by atoms with Gasteiger partial charge in [0.1, 0.15) is 11.5 Å². The molecule has 42 heavy (non-hydrogen) atoms. The third-order valence-corrected chi connectivity index (χ3v) is 8.15. The van der Waals surface area contributed by atoms with Crippen molar-refractivity contribution in [1.82, 2.24) is 5.32 Å². The lowest BCUT2D eigenvalue weighted by Gasteiger charge is -2.16. The van der Waals surface area contributed by atoms with Crippen LogP contribution in [0.4, 0.5) is 15.8 Å². The van der Waals surface area contributed by atoms with Crippen LogP contribution in [0.5, 0.6) is 0 Å². The number of anilines is 2. The summed E-state index contributed by atoms with van der Waals surface area (Å²) in [7, 11) is 0. The van der Waals surface area contributed by atoms with Crippen LogP contribution in [0, 0.1) is 5.82 Å².